The Hall–Kier alpha value is -1.80. The summed E-state index contributed by atoms with van der Waals surface area (Å²) in [5.74, 6) is 0.140. The summed E-state index contributed by atoms with van der Waals surface area (Å²) in [4.78, 5) is 9.09. The first-order chi connectivity index (χ1) is 11.7. The molecular formula is C19H26IN5. The molecule has 0 radical (unpaired) electrons. The van der Waals surface area contributed by atoms with Gasteiger partial charge in [0.15, 0.2) is 5.96 Å². The zero-order chi connectivity index (χ0) is 16.8. The Kier molecular flexibility index (Phi) is 7.52. The zero-order valence-electron chi connectivity index (χ0n) is 14.3. The predicted molar refractivity (Wildman–Crippen MR) is 115 cm³/mol. The topological polar surface area (TPSA) is 70.9 Å². The molecule has 1 fully saturated rings. The van der Waals surface area contributed by atoms with Crippen LogP contribution in [0.5, 0.6) is 0 Å². The SMILES string of the molecule is I.NC(N)=NCc1ccccc1CN1CCN(c2ccccc2)CC1. The van der Waals surface area contributed by atoms with Crippen molar-refractivity contribution in [3.63, 3.8) is 0 Å². The second-order valence-corrected chi connectivity index (χ2v) is 6.11. The molecule has 0 bridgehead atoms. The minimum Gasteiger partial charge on any atom is -0.370 e. The van der Waals surface area contributed by atoms with E-state index >= 15 is 0 Å². The van der Waals surface area contributed by atoms with Gasteiger partial charge in [0.25, 0.3) is 0 Å². The van der Waals surface area contributed by atoms with Crippen LogP contribution in [-0.2, 0) is 13.1 Å². The van der Waals surface area contributed by atoms with Crippen LogP contribution in [-0.4, -0.2) is 37.0 Å². The highest BCUT2D eigenvalue weighted by molar-refractivity contribution is 14.0. The van der Waals surface area contributed by atoms with Gasteiger partial charge in [-0.25, -0.2) is 4.99 Å². The van der Waals surface area contributed by atoms with E-state index < -0.39 is 0 Å². The zero-order valence-corrected chi connectivity index (χ0v) is 16.7. The minimum atomic E-state index is 0. The highest BCUT2D eigenvalue weighted by Gasteiger charge is 2.17. The van der Waals surface area contributed by atoms with Crippen LogP contribution in [0.2, 0.25) is 0 Å². The molecule has 134 valence electrons. The molecule has 1 aliphatic rings. The van der Waals surface area contributed by atoms with Crippen LogP contribution in [0.15, 0.2) is 59.6 Å². The molecule has 3 rings (SSSR count). The van der Waals surface area contributed by atoms with Crippen molar-refractivity contribution in [3.8, 4) is 0 Å². The molecule has 25 heavy (non-hydrogen) atoms. The average molecular weight is 451 g/mol. The fourth-order valence-electron chi connectivity index (χ4n) is 3.09. The smallest absolute Gasteiger partial charge is 0.186 e. The van der Waals surface area contributed by atoms with E-state index in [1.54, 1.807) is 0 Å². The van der Waals surface area contributed by atoms with Gasteiger partial charge in [-0.1, -0.05) is 42.5 Å². The quantitative estimate of drug-likeness (QED) is 0.416. The van der Waals surface area contributed by atoms with E-state index in [9.17, 15) is 0 Å². The van der Waals surface area contributed by atoms with Crippen LogP contribution in [0.25, 0.3) is 0 Å². The molecule has 0 aliphatic carbocycles. The standard InChI is InChI=1S/C19H25N5.HI/c20-19(21)22-14-16-6-4-5-7-17(16)15-23-10-12-24(13-11-23)18-8-2-1-3-9-18;/h1-9H,10-15H2,(H4,20,21,22);1H. The first-order valence-electron chi connectivity index (χ1n) is 8.37. The number of rotatable bonds is 5. The molecule has 2 aromatic rings. The van der Waals surface area contributed by atoms with Gasteiger partial charge in [-0.2, -0.15) is 0 Å². The summed E-state index contributed by atoms with van der Waals surface area (Å²) in [5.41, 5.74) is 14.7. The van der Waals surface area contributed by atoms with E-state index in [0.29, 0.717) is 6.54 Å². The van der Waals surface area contributed by atoms with Crippen LogP contribution >= 0.6 is 24.0 Å². The van der Waals surface area contributed by atoms with Crippen molar-refractivity contribution in [1.29, 1.82) is 0 Å². The summed E-state index contributed by atoms with van der Waals surface area (Å²) < 4.78 is 0. The molecule has 0 atom stereocenters. The van der Waals surface area contributed by atoms with E-state index in [1.807, 2.05) is 6.07 Å². The lowest BCUT2D eigenvalue weighted by molar-refractivity contribution is 0.249. The summed E-state index contributed by atoms with van der Waals surface area (Å²) in [6, 6.07) is 19.0. The summed E-state index contributed by atoms with van der Waals surface area (Å²) in [5, 5.41) is 0. The van der Waals surface area contributed by atoms with Crippen LogP contribution in [0.4, 0.5) is 5.69 Å². The molecule has 6 heteroatoms. The van der Waals surface area contributed by atoms with E-state index in [0.717, 1.165) is 32.7 Å². The molecule has 0 saturated carbocycles. The van der Waals surface area contributed by atoms with Crippen molar-refractivity contribution in [2.75, 3.05) is 31.1 Å². The van der Waals surface area contributed by atoms with Gasteiger partial charge < -0.3 is 16.4 Å². The highest BCUT2D eigenvalue weighted by Crippen LogP contribution is 2.18. The van der Waals surface area contributed by atoms with Crippen molar-refractivity contribution in [2.24, 2.45) is 16.5 Å². The molecule has 0 spiro atoms. The van der Waals surface area contributed by atoms with Crippen molar-refractivity contribution in [1.82, 2.24) is 4.90 Å². The molecule has 1 aliphatic heterocycles. The maximum absolute atomic E-state index is 5.46. The Labute approximate surface area is 166 Å². The van der Waals surface area contributed by atoms with Crippen LogP contribution in [0, 0.1) is 0 Å². The number of aliphatic imine (C=N–C) groups is 1. The maximum Gasteiger partial charge on any atom is 0.186 e. The van der Waals surface area contributed by atoms with E-state index in [4.69, 9.17) is 11.5 Å². The molecule has 0 unspecified atom stereocenters. The lowest BCUT2D eigenvalue weighted by atomic mass is 10.1. The van der Waals surface area contributed by atoms with Gasteiger partial charge in [0.05, 0.1) is 6.54 Å². The van der Waals surface area contributed by atoms with Gasteiger partial charge in [0, 0.05) is 38.4 Å². The lowest BCUT2D eigenvalue weighted by Crippen LogP contribution is -2.46. The number of anilines is 1. The van der Waals surface area contributed by atoms with Gasteiger partial charge in [0.1, 0.15) is 0 Å². The van der Waals surface area contributed by atoms with E-state index in [1.165, 1.54) is 16.8 Å². The number of hydrogen-bond acceptors (Lipinski definition) is 3. The Morgan fingerprint density at radius 2 is 1.44 bits per heavy atom. The molecule has 5 nitrogen and oxygen atoms in total. The number of halogens is 1. The number of guanidine groups is 1. The number of nitrogens with zero attached hydrogens (tertiary/aromatic N) is 3. The van der Waals surface area contributed by atoms with Crippen LogP contribution < -0.4 is 16.4 Å². The monoisotopic (exact) mass is 451 g/mol. The third-order valence-electron chi connectivity index (χ3n) is 4.44. The Balaban J connectivity index is 0.00000225. The predicted octanol–water partition coefficient (Wildman–Crippen LogP) is 2.40. The second-order valence-electron chi connectivity index (χ2n) is 6.11. The molecule has 0 amide bonds. The minimum absolute atomic E-state index is 0. The summed E-state index contributed by atoms with van der Waals surface area (Å²) >= 11 is 0. The van der Waals surface area contributed by atoms with E-state index in [-0.39, 0.29) is 29.9 Å². The number of benzene rings is 2. The van der Waals surface area contributed by atoms with Crippen molar-refractivity contribution < 1.29 is 0 Å². The summed E-state index contributed by atoms with van der Waals surface area (Å²) in [6.07, 6.45) is 0. The normalized spacial score (nSPS) is 14.6. The maximum atomic E-state index is 5.46. The van der Waals surface area contributed by atoms with Gasteiger partial charge in [-0.05, 0) is 23.3 Å². The number of para-hydroxylation sites is 1. The molecule has 1 heterocycles. The van der Waals surface area contributed by atoms with Crippen molar-refractivity contribution in [2.45, 2.75) is 13.1 Å². The fraction of sp³-hybridized carbons (Fsp3) is 0.316. The third-order valence-corrected chi connectivity index (χ3v) is 4.44. The van der Waals surface area contributed by atoms with E-state index in [2.05, 4.69) is 63.3 Å². The number of piperazine rings is 1. The number of hydrogen-bond donors (Lipinski definition) is 2. The third kappa shape index (κ3) is 5.61. The first kappa shape index (κ1) is 19.5. The Bertz CT molecular complexity index is 677. The van der Waals surface area contributed by atoms with Crippen LogP contribution in [0.1, 0.15) is 11.1 Å². The Morgan fingerprint density at radius 1 is 0.840 bits per heavy atom. The molecule has 4 N–H and O–H groups in total. The number of nitrogens with two attached hydrogens (primary N) is 2. The lowest BCUT2D eigenvalue weighted by Gasteiger charge is -2.36. The largest absolute Gasteiger partial charge is 0.370 e. The highest BCUT2D eigenvalue weighted by atomic mass is 127. The van der Waals surface area contributed by atoms with Gasteiger partial charge >= 0.3 is 0 Å². The van der Waals surface area contributed by atoms with Gasteiger partial charge in [0.2, 0.25) is 0 Å². The molecule has 0 aromatic heterocycles. The van der Waals surface area contributed by atoms with Gasteiger partial charge in [-0.3, -0.25) is 4.90 Å². The molecule has 1 saturated heterocycles. The fourth-order valence-corrected chi connectivity index (χ4v) is 3.09. The summed E-state index contributed by atoms with van der Waals surface area (Å²) in [7, 11) is 0. The van der Waals surface area contributed by atoms with Crippen molar-refractivity contribution >= 4 is 35.6 Å². The van der Waals surface area contributed by atoms with Crippen molar-refractivity contribution in [3.05, 3.63) is 65.7 Å². The van der Waals surface area contributed by atoms with Crippen LogP contribution in [0.3, 0.4) is 0 Å². The second kappa shape index (κ2) is 9.62. The summed E-state index contributed by atoms with van der Waals surface area (Å²) in [6.45, 7) is 5.72. The first-order valence-corrected chi connectivity index (χ1v) is 8.37. The Morgan fingerprint density at radius 3 is 2.08 bits per heavy atom. The molecule has 2 aromatic carbocycles. The average Bonchev–Trinajstić information content (AvgIpc) is 2.62. The van der Waals surface area contributed by atoms with Gasteiger partial charge in [-0.15, -0.1) is 24.0 Å². The molecular weight excluding hydrogens is 425 g/mol.